The number of hydrogen-bond acceptors (Lipinski definition) is 10. The first-order valence-electron chi connectivity index (χ1n) is 11.2. The van der Waals surface area contributed by atoms with E-state index in [4.69, 9.17) is 14.2 Å². The van der Waals surface area contributed by atoms with Crippen LogP contribution in [0.1, 0.15) is 37.2 Å². The van der Waals surface area contributed by atoms with E-state index in [0.717, 1.165) is 22.9 Å². The molecule has 1 unspecified atom stereocenters. The van der Waals surface area contributed by atoms with E-state index >= 15 is 0 Å². The van der Waals surface area contributed by atoms with Gasteiger partial charge in [0, 0.05) is 38.0 Å². The highest BCUT2D eigenvalue weighted by Crippen LogP contribution is 2.35. The number of anilines is 1. The number of rotatable bonds is 8. The summed E-state index contributed by atoms with van der Waals surface area (Å²) in [5.41, 5.74) is -0.927. The molecule has 3 aromatic heterocycles. The Bertz CT molecular complexity index is 1270. The summed E-state index contributed by atoms with van der Waals surface area (Å²) in [4.78, 5) is 38.9. The fourth-order valence-electron chi connectivity index (χ4n) is 3.72. The van der Waals surface area contributed by atoms with Gasteiger partial charge in [-0.15, -0.1) is 11.3 Å². The van der Waals surface area contributed by atoms with Gasteiger partial charge in [0.05, 0.1) is 11.9 Å². The molecular formula is C22H24F3N5O5S. The van der Waals surface area contributed by atoms with Crippen molar-refractivity contribution in [3.63, 3.8) is 0 Å². The molecule has 36 heavy (non-hydrogen) atoms. The predicted octanol–water partition coefficient (Wildman–Crippen LogP) is 3.36. The van der Waals surface area contributed by atoms with Crippen molar-refractivity contribution in [1.29, 1.82) is 0 Å². The summed E-state index contributed by atoms with van der Waals surface area (Å²) in [5.74, 6) is -0.307. The molecule has 4 heterocycles. The van der Waals surface area contributed by atoms with Crippen molar-refractivity contribution < 1.29 is 37.0 Å². The van der Waals surface area contributed by atoms with Gasteiger partial charge in [0.1, 0.15) is 29.7 Å². The summed E-state index contributed by atoms with van der Waals surface area (Å²) >= 11 is 1.46. The molecular weight excluding hydrogens is 503 g/mol. The SMILES string of the molecule is CCc1cc2c(N3CCn4cc(C(F)(F)F)nc4C3)nc(OCC(COC(C)=O)OC(C)=O)nc2s1. The molecule has 1 aliphatic rings. The van der Waals surface area contributed by atoms with Gasteiger partial charge in [-0.05, 0) is 12.5 Å². The number of aryl methyl sites for hydroxylation is 1. The van der Waals surface area contributed by atoms with Crippen LogP contribution in [0.2, 0.25) is 0 Å². The molecule has 0 radical (unpaired) electrons. The molecule has 1 aliphatic heterocycles. The summed E-state index contributed by atoms with van der Waals surface area (Å²) in [6.45, 7) is 4.95. The molecule has 0 saturated carbocycles. The topological polar surface area (TPSA) is 109 Å². The Kier molecular flexibility index (Phi) is 7.33. The van der Waals surface area contributed by atoms with Crippen molar-refractivity contribution in [2.24, 2.45) is 0 Å². The van der Waals surface area contributed by atoms with E-state index < -0.39 is 29.9 Å². The fourth-order valence-corrected chi connectivity index (χ4v) is 4.67. The van der Waals surface area contributed by atoms with Gasteiger partial charge in [0.25, 0.3) is 0 Å². The second kappa shape index (κ2) is 10.3. The maximum atomic E-state index is 13.1. The Morgan fingerprint density at radius 3 is 2.58 bits per heavy atom. The van der Waals surface area contributed by atoms with Crippen LogP contribution in [0.3, 0.4) is 0 Å². The van der Waals surface area contributed by atoms with Crippen LogP contribution in [0.15, 0.2) is 12.3 Å². The number of ether oxygens (including phenoxy) is 3. The van der Waals surface area contributed by atoms with Crippen LogP contribution in [-0.4, -0.2) is 57.3 Å². The molecule has 0 spiro atoms. The number of aromatic nitrogens is 4. The molecule has 194 valence electrons. The third kappa shape index (κ3) is 5.86. The Morgan fingerprint density at radius 1 is 1.14 bits per heavy atom. The molecule has 0 amide bonds. The molecule has 0 fully saturated rings. The smallest absolute Gasteiger partial charge is 0.434 e. The lowest BCUT2D eigenvalue weighted by molar-refractivity contribution is -0.158. The van der Waals surface area contributed by atoms with E-state index in [-0.39, 0.29) is 31.6 Å². The van der Waals surface area contributed by atoms with E-state index in [1.54, 1.807) is 0 Å². The minimum atomic E-state index is -4.52. The maximum Gasteiger partial charge on any atom is 0.434 e. The fraction of sp³-hybridized carbons (Fsp3) is 0.500. The number of hydrogen-bond donors (Lipinski definition) is 0. The lowest BCUT2D eigenvalue weighted by Gasteiger charge is -2.29. The van der Waals surface area contributed by atoms with Crippen LogP contribution in [0.25, 0.3) is 10.2 Å². The van der Waals surface area contributed by atoms with Gasteiger partial charge in [-0.2, -0.15) is 23.1 Å². The molecule has 3 aromatic rings. The second-order valence-electron chi connectivity index (χ2n) is 8.11. The highest BCUT2D eigenvalue weighted by molar-refractivity contribution is 7.18. The Morgan fingerprint density at radius 2 is 1.92 bits per heavy atom. The number of carbonyl (C=O) groups is 2. The van der Waals surface area contributed by atoms with Gasteiger partial charge in [-0.25, -0.2) is 4.98 Å². The summed E-state index contributed by atoms with van der Waals surface area (Å²) in [6, 6.07) is 1.97. The zero-order chi connectivity index (χ0) is 26.0. The third-order valence-electron chi connectivity index (χ3n) is 5.35. The number of fused-ring (bicyclic) bond motifs is 2. The average molecular weight is 528 g/mol. The van der Waals surface area contributed by atoms with Gasteiger partial charge in [0.15, 0.2) is 11.8 Å². The molecule has 10 nitrogen and oxygen atoms in total. The van der Waals surface area contributed by atoms with Gasteiger partial charge < -0.3 is 23.7 Å². The molecule has 14 heteroatoms. The molecule has 1 atom stereocenters. The van der Waals surface area contributed by atoms with Gasteiger partial charge >= 0.3 is 24.1 Å². The highest BCUT2D eigenvalue weighted by Gasteiger charge is 2.36. The largest absolute Gasteiger partial charge is 0.462 e. The van der Waals surface area contributed by atoms with Crippen molar-refractivity contribution in [1.82, 2.24) is 19.5 Å². The normalized spacial score (nSPS) is 14.4. The number of nitrogens with zero attached hydrogens (tertiary/aromatic N) is 5. The maximum absolute atomic E-state index is 13.1. The predicted molar refractivity (Wildman–Crippen MR) is 123 cm³/mol. The van der Waals surface area contributed by atoms with Crippen LogP contribution in [-0.2, 0) is 44.7 Å². The summed E-state index contributed by atoms with van der Waals surface area (Å²) in [6.07, 6.45) is -3.60. The van der Waals surface area contributed by atoms with Crippen LogP contribution in [0, 0.1) is 0 Å². The molecule has 0 saturated heterocycles. The van der Waals surface area contributed by atoms with E-state index in [2.05, 4.69) is 15.0 Å². The van der Waals surface area contributed by atoms with E-state index in [1.807, 2.05) is 17.9 Å². The van der Waals surface area contributed by atoms with Gasteiger partial charge in [-0.3, -0.25) is 9.59 Å². The standard InChI is InChI=1S/C22H24F3N5O5S/c1-4-15-7-16-19(30-6-5-29-8-17(22(23,24)25)26-18(29)9-30)27-21(28-20(16)36-15)34-11-14(35-13(3)32)10-33-12(2)31/h7-8,14H,4-6,9-11H2,1-3H3. The number of thiophene rings is 1. The quantitative estimate of drug-likeness (QED) is 0.408. The lowest BCUT2D eigenvalue weighted by atomic mass is 10.2. The third-order valence-corrected chi connectivity index (χ3v) is 6.52. The van der Waals surface area contributed by atoms with Crippen LogP contribution in [0.5, 0.6) is 6.01 Å². The molecule has 0 bridgehead atoms. The van der Waals surface area contributed by atoms with E-state index in [9.17, 15) is 22.8 Å². The number of carbonyl (C=O) groups excluding carboxylic acids is 2. The summed E-state index contributed by atoms with van der Waals surface area (Å²) in [5, 5.41) is 0.761. The average Bonchev–Trinajstić information content (AvgIpc) is 3.43. The zero-order valence-corrected chi connectivity index (χ0v) is 20.6. The zero-order valence-electron chi connectivity index (χ0n) is 19.8. The Labute approximate surface area is 208 Å². The van der Waals surface area contributed by atoms with Crippen molar-refractivity contribution in [3.05, 3.63) is 28.7 Å². The highest BCUT2D eigenvalue weighted by atomic mass is 32.1. The Hall–Kier alpha value is -3.42. The minimum absolute atomic E-state index is 0.00637. The number of halogens is 3. The van der Waals surface area contributed by atoms with E-state index in [1.165, 1.54) is 29.8 Å². The number of imidazole rings is 1. The van der Waals surface area contributed by atoms with Crippen LogP contribution >= 0.6 is 11.3 Å². The van der Waals surface area contributed by atoms with Crippen molar-refractivity contribution in [2.45, 2.75) is 52.6 Å². The minimum Gasteiger partial charge on any atom is -0.462 e. The second-order valence-corrected chi connectivity index (χ2v) is 9.23. The first-order chi connectivity index (χ1) is 17.0. The van der Waals surface area contributed by atoms with Crippen molar-refractivity contribution in [3.8, 4) is 6.01 Å². The van der Waals surface area contributed by atoms with Crippen LogP contribution < -0.4 is 9.64 Å². The van der Waals surface area contributed by atoms with Crippen molar-refractivity contribution in [2.75, 3.05) is 24.7 Å². The van der Waals surface area contributed by atoms with Gasteiger partial charge in [-0.1, -0.05) is 6.92 Å². The number of esters is 2. The molecule has 4 rings (SSSR count). The molecule has 0 N–H and O–H groups in total. The summed E-state index contributed by atoms with van der Waals surface area (Å²) in [7, 11) is 0. The van der Waals surface area contributed by atoms with E-state index in [0.29, 0.717) is 23.7 Å². The first-order valence-corrected chi connectivity index (χ1v) is 12.0. The first kappa shape index (κ1) is 25.7. The monoisotopic (exact) mass is 527 g/mol. The summed E-state index contributed by atoms with van der Waals surface area (Å²) < 4.78 is 56.7. The Balaban J connectivity index is 1.61. The molecule has 0 aliphatic carbocycles. The molecule has 0 aromatic carbocycles. The van der Waals surface area contributed by atoms with Crippen LogP contribution in [0.4, 0.5) is 19.0 Å². The number of alkyl halides is 3. The van der Waals surface area contributed by atoms with Crippen molar-refractivity contribution >= 4 is 39.3 Å². The van der Waals surface area contributed by atoms with Gasteiger partial charge in [0.2, 0.25) is 0 Å². The lowest BCUT2D eigenvalue weighted by Crippen LogP contribution is -2.34.